The van der Waals surface area contributed by atoms with Gasteiger partial charge in [-0.05, 0) is 65.3 Å². The summed E-state index contributed by atoms with van der Waals surface area (Å²) in [6, 6.07) is 9.12. The van der Waals surface area contributed by atoms with Gasteiger partial charge in [0.05, 0.1) is 33.0 Å². The predicted molar refractivity (Wildman–Crippen MR) is 212 cm³/mol. The first-order valence-corrected chi connectivity index (χ1v) is 20.8. The highest BCUT2D eigenvalue weighted by Crippen LogP contribution is 2.41. The predicted octanol–water partition coefficient (Wildman–Crippen LogP) is 8.71. The fourth-order valence-corrected chi connectivity index (χ4v) is 8.42. The molecule has 4 aromatic heterocycles. The summed E-state index contributed by atoms with van der Waals surface area (Å²) in [4.78, 5) is 57.4. The van der Waals surface area contributed by atoms with Crippen molar-refractivity contribution in [1.82, 2.24) is 25.3 Å². The minimum Gasteiger partial charge on any atom is -0.497 e. The normalized spacial score (nSPS) is 11.8. The maximum absolute atomic E-state index is 13.1. The first-order chi connectivity index (χ1) is 25.9. The number of benzene rings is 1. The number of rotatable bonds is 16. The lowest BCUT2D eigenvalue weighted by molar-refractivity contribution is 0.0501. The summed E-state index contributed by atoms with van der Waals surface area (Å²) in [5.74, 6) is 1.29. The third-order valence-electron chi connectivity index (χ3n) is 7.16. The number of alkyl carbamates (subject to hydrolysis) is 1. The Hall–Kier alpha value is -4.58. The second-order valence-electron chi connectivity index (χ2n) is 12.3. The average molecular weight is 812 g/mol. The third kappa shape index (κ3) is 10.5. The average Bonchev–Trinajstić information content (AvgIpc) is 3.93. The van der Waals surface area contributed by atoms with E-state index < -0.39 is 29.7 Å². The number of esters is 2. The van der Waals surface area contributed by atoms with E-state index in [4.69, 9.17) is 33.7 Å². The Morgan fingerprint density at radius 3 is 2.07 bits per heavy atom. The van der Waals surface area contributed by atoms with Crippen molar-refractivity contribution >= 4 is 63.8 Å². The molecule has 1 aromatic carbocycles. The van der Waals surface area contributed by atoms with E-state index in [9.17, 15) is 14.4 Å². The summed E-state index contributed by atoms with van der Waals surface area (Å²) in [7, 11) is 1.63. The summed E-state index contributed by atoms with van der Waals surface area (Å²) in [6.45, 7) is 11.5. The first kappa shape index (κ1) is 40.6. The molecular formula is C37H41N5O8S4. The Kier molecular flexibility index (Phi) is 14.0. The topological polar surface area (TPSA) is 161 Å². The molecule has 1 amide bonds. The van der Waals surface area contributed by atoms with Gasteiger partial charge in [0.15, 0.2) is 11.4 Å². The molecule has 0 saturated carbocycles. The van der Waals surface area contributed by atoms with Crippen LogP contribution in [0.5, 0.6) is 11.5 Å². The Balaban J connectivity index is 1.56. The van der Waals surface area contributed by atoms with Crippen LogP contribution in [0.2, 0.25) is 0 Å². The summed E-state index contributed by atoms with van der Waals surface area (Å²) in [5, 5.41) is 9.68. The zero-order valence-electron chi connectivity index (χ0n) is 30.9. The van der Waals surface area contributed by atoms with Crippen molar-refractivity contribution in [1.29, 1.82) is 0 Å². The number of thioether (sulfide) groups is 1. The van der Waals surface area contributed by atoms with Gasteiger partial charge in [-0.3, -0.25) is 0 Å². The molecule has 54 heavy (non-hydrogen) atoms. The number of nitrogens with one attached hydrogen (secondary N) is 1. The second-order valence-corrected chi connectivity index (χ2v) is 16.0. The molecule has 0 radical (unpaired) electrons. The number of ether oxygens (including phenoxy) is 5. The van der Waals surface area contributed by atoms with Gasteiger partial charge in [-0.15, -0.1) is 34.0 Å². The Morgan fingerprint density at radius 2 is 1.46 bits per heavy atom. The molecule has 0 fully saturated rings. The Bertz CT molecular complexity index is 2060. The highest BCUT2D eigenvalue weighted by molar-refractivity contribution is 7.98. The van der Waals surface area contributed by atoms with Gasteiger partial charge in [-0.2, -0.15) is 11.8 Å². The van der Waals surface area contributed by atoms with Crippen molar-refractivity contribution in [2.75, 3.05) is 32.7 Å². The van der Waals surface area contributed by atoms with Crippen LogP contribution in [0.3, 0.4) is 0 Å². The van der Waals surface area contributed by atoms with Gasteiger partial charge in [-0.25, -0.2) is 34.3 Å². The van der Waals surface area contributed by atoms with E-state index >= 15 is 0 Å². The smallest absolute Gasteiger partial charge is 0.408 e. The molecule has 0 aliphatic rings. The van der Waals surface area contributed by atoms with Gasteiger partial charge >= 0.3 is 18.0 Å². The lowest BCUT2D eigenvalue weighted by atomic mass is 10.1. The standard InChI is InChI=1S/C37H41N5O8S4/c1-8-47-28-15-23(31-39-26(19-52-31)34(43)48-9-2)29(42-30(28)33-40-27(20-54-33)35(44)49-10-3)24-18-53-32(38-24)25(41-36(45)50-37(4,5)6)17-51-16-21-11-13-22(46-7)14-12-21/h11-15,18-20,25H,8-10,16-17H2,1-7H3,(H,41,45)/t25-/m0/s1. The molecule has 4 heterocycles. The summed E-state index contributed by atoms with van der Waals surface area (Å²) in [5.41, 5.74) is 2.62. The van der Waals surface area contributed by atoms with Crippen LogP contribution in [0.15, 0.2) is 46.5 Å². The monoisotopic (exact) mass is 811 g/mol. The first-order valence-electron chi connectivity index (χ1n) is 17.0. The molecule has 0 spiro atoms. The number of pyridine rings is 1. The molecule has 0 unspecified atom stereocenters. The zero-order chi connectivity index (χ0) is 38.8. The number of hydrogen-bond donors (Lipinski definition) is 1. The zero-order valence-corrected chi connectivity index (χ0v) is 34.2. The van der Waals surface area contributed by atoms with Gasteiger partial charge in [0.1, 0.15) is 49.2 Å². The summed E-state index contributed by atoms with van der Waals surface area (Å²) >= 11 is 5.49. The van der Waals surface area contributed by atoms with Crippen LogP contribution >= 0.6 is 45.8 Å². The van der Waals surface area contributed by atoms with E-state index in [2.05, 4.69) is 15.3 Å². The largest absolute Gasteiger partial charge is 0.497 e. The fraction of sp³-hybridized carbons (Fsp3) is 0.378. The van der Waals surface area contributed by atoms with Gasteiger partial charge in [-0.1, -0.05) is 12.1 Å². The molecule has 5 aromatic rings. The molecule has 1 N–H and O–H groups in total. The summed E-state index contributed by atoms with van der Waals surface area (Å²) < 4.78 is 27.3. The van der Waals surface area contributed by atoms with Crippen molar-refractivity contribution in [2.45, 2.75) is 58.9 Å². The third-order valence-corrected chi connectivity index (χ3v) is 11.0. The lowest BCUT2D eigenvalue weighted by Gasteiger charge is -2.22. The van der Waals surface area contributed by atoms with Crippen molar-refractivity contribution in [3.05, 3.63) is 68.4 Å². The minimum atomic E-state index is -0.699. The number of thiazole rings is 3. The van der Waals surface area contributed by atoms with Crippen LogP contribution in [0, 0.1) is 0 Å². The molecule has 0 aliphatic carbocycles. The molecule has 0 saturated heterocycles. The number of hydrogen-bond acceptors (Lipinski definition) is 16. The van der Waals surface area contributed by atoms with Crippen LogP contribution in [-0.4, -0.2) is 76.3 Å². The number of aromatic nitrogens is 4. The highest BCUT2D eigenvalue weighted by atomic mass is 32.2. The SMILES string of the molecule is CCOC(=O)c1csc(-c2cc(OCC)c(-c3nc(C(=O)OCC)cs3)nc2-c2csc([C@H](CSCc3ccc(OC)cc3)NC(=O)OC(C)(C)C)n2)n1. The molecule has 13 nitrogen and oxygen atoms in total. The number of nitrogens with zero attached hydrogens (tertiary/aromatic N) is 4. The molecule has 17 heteroatoms. The number of amides is 1. The fourth-order valence-electron chi connectivity index (χ4n) is 4.85. The molecular weight excluding hydrogens is 771 g/mol. The second kappa shape index (κ2) is 18.6. The molecule has 0 bridgehead atoms. The van der Waals surface area contributed by atoms with Gasteiger partial charge < -0.3 is 29.0 Å². The van der Waals surface area contributed by atoms with Gasteiger partial charge in [0.2, 0.25) is 0 Å². The van der Waals surface area contributed by atoms with Crippen molar-refractivity contribution in [3.8, 4) is 44.2 Å². The number of methoxy groups -OCH3 is 1. The lowest BCUT2D eigenvalue weighted by Crippen LogP contribution is -2.35. The van der Waals surface area contributed by atoms with Crippen molar-refractivity contribution < 1.29 is 38.1 Å². The Labute approximate surface area is 329 Å². The van der Waals surface area contributed by atoms with Crippen LogP contribution < -0.4 is 14.8 Å². The van der Waals surface area contributed by atoms with Gasteiger partial charge in [0.25, 0.3) is 0 Å². The summed E-state index contributed by atoms with van der Waals surface area (Å²) in [6.07, 6.45) is -0.563. The molecule has 0 aliphatic heterocycles. The highest BCUT2D eigenvalue weighted by Gasteiger charge is 2.27. The van der Waals surface area contributed by atoms with Crippen LogP contribution in [0.1, 0.15) is 79.1 Å². The van der Waals surface area contributed by atoms with E-state index in [1.165, 1.54) is 34.0 Å². The maximum atomic E-state index is 13.1. The van der Waals surface area contributed by atoms with E-state index in [0.717, 1.165) is 11.3 Å². The minimum absolute atomic E-state index is 0.157. The van der Waals surface area contributed by atoms with Crippen LogP contribution in [-0.2, 0) is 20.0 Å². The molecule has 1 atom stereocenters. The Morgan fingerprint density at radius 1 is 0.815 bits per heavy atom. The van der Waals surface area contributed by atoms with E-state index in [-0.39, 0.29) is 24.6 Å². The number of carbonyl (C=O) groups excluding carboxylic acids is 3. The quantitative estimate of drug-likeness (QED) is 0.0745. The van der Waals surface area contributed by atoms with Crippen molar-refractivity contribution in [3.63, 3.8) is 0 Å². The van der Waals surface area contributed by atoms with Crippen LogP contribution in [0.4, 0.5) is 4.79 Å². The molecule has 5 rings (SSSR count). The van der Waals surface area contributed by atoms with E-state index in [1.54, 1.807) is 49.5 Å². The van der Waals surface area contributed by atoms with Crippen LogP contribution in [0.25, 0.3) is 32.7 Å². The van der Waals surface area contributed by atoms with E-state index in [1.807, 2.05) is 57.3 Å². The maximum Gasteiger partial charge on any atom is 0.408 e. The number of carbonyl (C=O) groups is 3. The van der Waals surface area contributed by atoms with Gasteiger partial charge in [0, 0.05) is 33.2 Å². The molecule has 286 valence electrons. The van der Waals surface area contributed by atoms with E-state index in [0.29, 0.717) is 61.5 Å². The van der Waals surface area contributed by atoms with Crippen molar-refractivity contribution in [2.24, 2.45) is 0 Å².